The van der Waals surface area contributed by atoms with E-state index in [0.29, 0.717) is 10.6 Å². The molecule has 0 aliphatic rings. The molecule has 0 aliphatic carbocycles. The molecule has 1 aromatic heterocycles. The van der Waals surface area contributed by atoms with Crippen LogP contribution in [0.15, 0.2) is 45.6 Å². The van der Waals surface area contributed by atoms with Gasteiger partial charge in [0.1, 0.15) is 0 Å². The third-order valence-corrected chi connectivity index (χ3v) is 4.51. The summed E-state index contributed by atoms with van der Waals surface area (Å²) in [5.41, 5.74) is 4.05. The largest absolute Gasteiger partial charge is 0.419 e. The maximum absolute atomic E-state index is 11.5. The van der Waals surface area contributed by atoms with Crippen molar-refractivity contribution in [3.05, 3.63) is 68.7 Å². The molecule has 0 fully saturated rings. The fourth-order valence-corrected chi connectivity index (χ4v) is 2.73. The standard InChI is InChI=1S/C16H13Cl2NO2/c1-9-3-4-10(7-12(9)17)15(18)11-5-6-13-14(8-11)21-16(20)19(13)2/h3-8,15H,1-2H3. The molecule has 0 saturated carbocycles. The van der Waals surface area contributed by atoms with Gasteiger partial charge in [0.15, 0.2) is 5.58 Å². The van der Waals surface area contributed by atoms with Crippen LogP contribution in [0.25, 0.3) is 11.1 Å². The van der Waals surface area contributed by atoms with Crippen LogP contribution < -0.4 is 5.76 Å². The molecule has 3 aromatic rings. The third kappa shape index (κ3) is 2.47. The molecule has 3 nitrogen and oxygen atoms in total. The summed E-state index contributed by atoms with van der Waals surface area (Å²) in [5.74, 6) is -0.383. The summed E-state index contributed by atoms with van der Waals surface area (Å²) >= 11 is 12.7. The predicted molar refractivity (Wildman–Crippen MR) is 85.3 cm³/mol. The van der Waals surface area contributed by atoms with Crippen molar-refractivity contribution in [2.75, 3.05) is 0 Å². The molecule has 0 bridgehead atoms. The van der Waals surface area contributed by atoms with E-state index in [-0.39, 0.29) is 11.1 Å². The van der Waals surface area contributed by atoms with Gasteiger partial charge in [-0.15, -0.1) is 11.6 Å². The fraction of sp³-hybridized carbons (Fsp3) is 0.188. The molecule has 0 radical (unpaired) electrons. The van der Waals surface area contributed by atoms with E-state index in [0.717, 1.165) is 22.2 Å². The van der Waals surface area contributed by atoms with Gasteiger partial charge >= 0.3 is 5.76 Å². The number of hydrogen-bond donors (Lipinski definition) is 0. The molecular weight excluding hydrogens is 309 g/mol. The van der Waals surface area contributed by atoms with Gasteiger partial charge in [-0.1, -0.05) is 29.8 Å². The van der Waals surface area contributed by atoms with Crippen molar-refractivity contribution in [2.24, 2.45) is 7.05 Å². The quantitative estimate of drug-likeness (QED) is 0.655. The number of aryl methyl sites for hydroxylation is 2. The average molecular weight is 322 g/mol. The molecular formula is C16H13Cl2NO2. The summed E-state index contributed by atoms with van der Waals surface area (Å²) in [6.45, 7) is 1.94. The minimum atomic E-state index is -0.383. The zero-order valence-corrected chi connectivity index (χ0v) is 13.1. The molecule has 0 N–H and O–H groups in total. The molecule has 0 amide bonds. The first-order valence-electron chi connectivity index (χ1n) is 6.47. The lowest BCUT2D eigenvalue weighted by Gasteiger charge is -2.11. The van der Waals surface area contributed by atoms with Gasteiger partial charge in [0, 0.05) is 12.1 Å². The van der Waals surface area contributed by atoms with E-state index in [1.54, 1.807) is 13.1 Å². The maximum atomic E-state index is 11.5. The summed E-state index contributed by atoms with van der Waals surface area (Å²) in [6.07, 6.45) is 0. The van der Waals surface area contributed by atoms with Crippen LogP contribution in [-0.4, -0.2) is 4.57 Å². The van der Waals surface area contributed by atoms with Gasteiger partial charge < -0.3 is 4.42 Å². The first-order valence-corrected chi connectivity index (χ1v) is 7.28. The van der Waals surface area contributed by atoms with Crippen molar-refractivity contribution in [3.63, 3.8) is 0 Å². The van der Waals surface area contributed by atoms with Crippen LogP contribution in [-0.2, 0) is 7.05 Å². The Labute approximate surface area is 131 Å². The summed E-state index contributed by atoms with van der Waals surface area (Å²) in [6, 6.07) is 11.3. The Morgan fingerprint density at radius 3 is 2.52 bits per heavy atom. The molecule has 0 aliphatic heterocycles. The van der Waals surface area contributed by atoms with E-state index < -0.39 is 0 Å². The highest BCUT2D eigenvalue weighted by Crippen LogP contribution is 2.32. The third-order valence-electron chi connectivity index (χ3n) is 3.60. The van der Waals surface area contributed by atoms with Crippen molar-refractivity contribution in [3.8, 4) is 0 Å². The monoisotopic (exact) mass is 321 g/mol. The minimum Gasteiger partial charge on any atom is -0.408 e. The second-order valence-corrected chi connectivity index (χ2v) is 5.87. The van der Waals surface area contributed by atoms with E-state index >= 15 is 0 Å². The maximum Gasteiger partial charge on any atom is 0.419 e. The lowest BCUT2D eigenvalue weighted by atomic mass is 10.0. The van der Waals surface area contributed by atoms with Gasteiger partial charge in [-0.25, -0.2) is 4.79 Å². The molecule has 0 spiro atoms. The minimum absolute atomic E-state index is 0.349. The molecule has 1 unspecified atom stereocenters. The molecule has 21 heavy (non-hydrogen) atoms. The number of oxazole rings is 1. The molecule has 5 heteroatoms. The SMILES string of the molecule is Cc1ccc(C(Cl)c2ccc3c(c2)oc(=O)n3C)cc1Cl. The van der Waals surface area contributed by atoms with Gasteiger partial charge in [0.05, 0.1) is 10.9 Å². The molecule has 3 rings (SSSR count). The van der Waals surface area contributed by atoms with Crippen molar-refractivity contribution in [1.29, 1.82) is 0 Å². The number of hydrogen-bond acceptors (Lipinski definition) is 2. The number of aromatic nitrogens is 1. The lowest BCUT2D eigenvalue weighted by molar-refractivity contribution is 0.528. The lowest BCUT2D eigenvalue weighted by Crippen LogP contribution is -2.08. The Hall–Kier alpha value is -1.71. The number of rotatable bonds is 2. The van der Waals surface area contributed by atoms with Crippen LogP contribution in [0.2, 0.25) is 5.02 Å². The van der Waals surface area contributed by atoms with Crippen molar-refractivity contribution < 1.29 is 4.42 Å². The highest BCUT2D eigenvalue weighted by molar-refractivity contribution is 6.31. The van der Waals surface area contributed by atoms with Gasteiger partial charge in [-0.3, -0.25) is 4.57 Å². The Morgan fingerprint density at radius 2 is 1.81 bits per heavy atom. The summed E-state index contributed by atoms with van der Waals surface area (Å²) < 4.78 is 6.65. The Bertz CT molecular complexity index is 880. The zero-order valence-electron chi connectivity index (χ0n) is 11.6. The van der Waals surface area contributed by atoms with Gasteiger partial charge in [-0.2, -0.15) is 0 Å². The fourth-order valence-electron chi connectivity index (χ4n) is 2.27. The smallest absolute Gasteiger partial charge is 0.408 e. The van der Waals surface area contributed by atoms with E-state index in [1.165, 1.54) is 4.57 Å². The van der Waals surface area contributed by atoms with Crippen LogP contribution in [0.1, 0.15) is 22.1 Å². The normalized spacial score (nSPS) is 12.8. The summed E-state index contributed by atoms with van der Waals surface area (Å²) in [4.78, 5) is 11.5. The van der Waals surface area contributed by atoms with E-state index in [1.807, 2.05) is 37.3 Å². The Kier molecular flexibility index (Phi) is 3.56. The van der Waals surface area contributed by atoms with E-state index in [2.05, 4.69) is 0 Å². The molecule has 108 valence electrons. The molecule has 1 atom stereocenters. The second-order valence-electron chi connectivity index (χ2n) is 5.03. The van der Waals surface area contributed by atoms with Gasteiger partial charge in [-0.05, 0) is 41.8 Å². The number of alkyl halides is 1. The molecule has 0 saturated heterocycles. The Morgan fingerprint density at radius 1 is 1.14 bits per heavy atom. The van der Waals surface area contributed by atoms with Crippen LogP contribution >= 0.6 is 23.2 Å². The molecule has 2 aromatic carbocycles. The number of halogens is 2. The predicted octanol–water partition coefficient (Wildman–Crippen LogP) is 4.42. The first-order chi connectivity index (χ1) is 9.97. The summed E-state index contributed by atoms with van der Waals surface area (Å²) in [7, 11) is 1.67. The topological polar surface area (TPSA) is 35.1 Å². The van der Waals surface area contributed by atoms with Gasteiger partial charge in [0.25, 0.3) is 0 Å². The Balaban J connectivity index is 2.06. The number of benzene rings is 2. The van der Waals surface area contributed by atoms with Gasteiger partial charge in [0.2, 0.25) is 0 Å². The first kappa shape index (κ1) is 14.2. The highest BCUT2D eigenvalue weighted by Gasteiger charge is 2.14. The van der Waals surface area contributed by atoms with Crippen LogP contribution in [0.3, 0.4) is 0 Å². The van der Waals surface area contributed by atoms with Crippen molar-refractivity contribution in [1.82, 2.24) is 4.57 Å². The average Bonchev–Trinajstić information content (AvgIpc) is 2.76. The van der Waals surface area contributed by atoms with E-state index in [4.69, 9.17) is 27.6 Å². The second kappa shape index (κ2) is 5.24. The number of nitrogens with zero attached hydrogens (tertiary/aromatic N) is 1. The van der Waals surface area contributed by atoms with Crippen LogP contribution in [0, 0.1) is 6.92 Å². The van der Waals surface area contributed by atoms with Crippen molar-refractivity contribution in [2.45, 2.75) is 12.3 Å². The number of fused-ring (bicyclic) bond motifs is 1. The van der Waals surface area contributed by atoms with Crippen LogP contribution in [0.4, 0.5) is 0 Å². The summed E-state index contributed by atoms with van der Waals surface area (Å²) in [5, 5.41) is 0.337. The molecule has 1 heterocycles. The van der Waals surface area contributed by atoms with E-state index in [9.17, 15) is 4.79 Å². The zero-order chi connectivity index (χ0) is 15.1. The van der Waals surface area contributed by atoms with Crippen molar-refractivity contribution >= 4 is 34.3 Å². The highest BCUT2D eigenvalue weighted by atomic mass is 35.5. The van der Waals surface area contributed by atoms with Crippen LogP contribution in [0.5, 0.6) is 0 Å².